The Morgan fingerprint density at radius 1 is 1.36 bits per heavy atom. The number of ether oxygens (including phenoxy) is 1. The van der Waals surface area contributed by atoms with Gasteiger partial charge in [0.05, 0.1) is 12.7 Å². The minimum Gasteiger partial charge on any atom is -0.478 e. The summed E-state index contributed by atoms with van der Waals surface area (Å²) >= 11 is 0. The van der Waals surface area contributed by atoms with E-state index in [1.165, 1.54) is 5.57 Å². The van der Waals surface area contributed by atoms with Gasteiger partial charge >= 0.3 is 5.97 Å². The van der Waals surface area contributed by atoms with E-state index in [0.29, 0.717) is 31.3 Å². The van der Waals surface area contributed by atoms with E-state index >= 15 is 0 Å². The molecule has 0 aromatic rings. The number of carboxylic acid groups (broad SMARTS) is 1. The average Bonchev–Trinajstić information content (AvgIpc) is 2.66. The molecule has 5 nitrogen and oxygen atoms in total. The molecule has 0 aromatic heterocycles. The third kappa shape index (κ3) is 7.53. The van der Waals surface area contributed by atoms with E-state index in [1.807, 2.05) is 26.8 Å². The molecular weight excluding hydrogens is 320 g/mol. The summed E-state index contributed by atoms with van der Waals surface area (Å²) in [6.07, 6.45) is 6.41. The van der Waals surface area contributed by atoms with E-state index in [-0.39, 0.29) is 24.4 Å². The molecule has 0 bridgehead atoms. The van der Waals surface area contributed by atoms with Crippen LogP contribution in [-0.4, -0.2) is 40.3 Å². The number of Topliss-reactive ketones (excluding diaryl/α,β-unsaturated/α-hetero) is 1. The molecule has 1 rings (SSSR count). The molecule has 0 radical (unpaired) electrons. The molecule has 3 atom stereocenters. The molecule has 1 aliphatic heterocycles. The molecule has 0 aliphatic carbocycles. The first-order valence-corrected chi connectivity index (χ1v) is 9.05. The van der Waals surface area contributed by atoms with Gasteiger partial charge in [0.15, 0.2) is 5.78 Å². The highest BCUT2D eigenvalue weighted by molar-refractivity contribution is 5.88. The maximum absolute atomic E-state index is 12.4. The number of aliphatic hydroxyl groups excluding tert-OH is 1. The van der Waals surface area contributed by atoms with Crippen molar-refractivity contribution in [3.05, 3.63) is 23.3 Å². The molecule has 0 aromatic carbocycles. The quantitative estimate of drug-likeness (QED) is 0.514. The number of ketones is 1. The van der Waals surface area contributed by atoms with E-state index in [4.69, 9.17) is 9.84 Å². The van der Waals surface area contributed by atoms with E-state index in [0.717, 1.165) is 18.9 Å². The summed E-state index contributed by atoms with van der Waals surface area (Å²) < 4.78 is 5.78. The fraction of sp³-hybridized carbons (Fsp3) is 0.700. The number of aliphatic carboxylic acids is 1. The second kappa shape index (κ2) is 9.88. The van der Waals surface area contributed by atoms with Crippen LogP contribution in [0, 0.1) is 5.92 Å². The molecule has 5 heteroatoms. The molecule has 2 N–H and O–H groups in total. The van der Waals surface area contributed by atoms with Crippen molar-refractivity contribution in [2.75, 3.05) is 6.61 Å². The predicted molar refractivity (Wildman–Crippen MR) is 97.4 cm³/mol. The smallest absolute Gasteiger partial charge is 0.328 e. The third-order valence-corrected chi connectivity index (χ3v) is 4.90. The lowest BCUT2D eigenvalue weighted by Gasteiger charge is -2.27. The van der Waals surface area contributed by atoms with Gasteiger partial charge < -0.3 is 14.9 Å². The number of rotatable bonds is 8. The Hall–Kier alpha value is -1.46. The van der Waals surface area contributed by atoms with Crippen LogP contribution in [0.4, 0.5) is 0 Å². The zero-order valence-corrected chi connectivity index (χ0v) is 15.9. The maximum Gasteiger partial charge on any atom is 0.328 e. The van der Waals surface area contributed by atoms with Crippen molar-refractivity contribution < 1.29 is 24.5 Å². The zero-order chi connectivity index (χ0) is 19.0. The van der Waals surface area contributed by atoms with Gasteiger partial charge in [-0.3, -0.25) is 4.79 Å². The largest absolute Gasteiger partial charge is 0.478 e. The van der Waals surface area contributed by atoms with Gasteiger partial charge in [0, 0.05) is 12.5 Å². The Kier molecular flexibility index (Phi) is 8.53. The first-order chi connectivity index (χ1) is 11.6. The molecule has 0 spiro atoms. The number of carbonyl (C=O) groups excluding carboxylic acids is 1. The summed E-state index contributed by atoms with van der Waals surface area (Å²) in [5.74, 6) is -0.824. The number of allylic oxidation sites excluding steroid dienone is 1. The van der Waals surface area contributed by atoms with Crippen molar-refractivity contribution in [2.24, 2.45) is 5.92 Å². The molecule has 2 unspecified atom stereocenters. The first-order valence-electron chi connectivity index (χ1n) is 9.05. The van der Waals surface area contributed by atoms with Gasteiger partial charge in [-0.15, -0.1) is 0 Å². The van der Waals surface area contributed by atoms with E-state index in [9.17, 15) is 14.7 Å². The second-order valence-corrected chi connectivity index (χ2v) is 7.54. The molecular formula is C20H32O5. The van der Waals surface area contributed by atoms with E-state index in [1.54, 1.807) is 6.92 Å². The Morgan fingerprint density at radius 3 is 2.64 bits per heavy atom. The van der Waals surface area contributed by atoms with Crippen LogP contribution >= 0.6 is 0 Å². The van der Waals surface area contributed by atoms with Crippen LogP contribution in [0.15, 0.2) is 23.3 Å². The monoisotopic (exact) mass is 352 g/mol. The molecule has 1 aliphatic rings. The van der Waals surface area contributed by atoms with Crippen molar-refractivity contribution in [1.82, 2.24) is 0 Å². The van der Waals surface area contributed by atoms with Crippen LogP contribution in [0.5, 0.6) is 0 Å². The van der Waals surface area contributed by atoms with Crippen LogP contribution in [0.1, 0.15) is 66.2 Å². The lowest BCUT2D eigenvalue weighted by atomic mass is 9.88. The van der Waals surface area contributed by atoms with Crippen molar-refractivity contribution in [3.8, 4) is 0 Å². The summed E-state index contributed by atoms with van der Waals surface area (Å²) in [4.78, 5) is 23.2. The fourth-order valence-corrected chi connectivity index (χ4v) is 2.99. The summed E-state index contributed by atoms with van der Waals surface area (Å²) in [7, 11) is 0. The second-order valence-electron chi connectivity index (χ2n) is 7.54. The van der Waals surface area contributed by atoms with Crippen molar-refractivity contribution in [3.63, 3.8) is 0 Å². The topological polar surface area (TPSA) is 83.8 Å². The van der Waals surface area contributed by atoms with Gasteiger partial charge in [-0.2, -0.15) is 0 Å². The normalized spacial score (nSPS) is 25.3. The average molecular weight is 352 g/mol. The fourth-order valence-electron chi connectivity index (χ4n) is 2.99. The standard InChI is InChI=1S/C20H32O5/c1-14(2)7-9-17(21)15(3)6-5-11-20(4)18(22)10-8-16(13-25-20)12-19(23)24/h7,12,15,17,21H,5-6,8-11,13H2,1-4H3,(H,23,24)/t15?,17?,20-/m0/s1. The van der Waals surface area contributed by atoms with Crippen molar-refractivity contribution >= 4 is 11.8 Å². The lowest BCUT2D eigenvalue weighted by Crippen LogP contribution is -2.37. The van der Waals surface area contributed by atoms with Gasteiger partial charge in [0.2, 0.25) is 0 Å². The highest BCUT2D eigenvalue weighted by Crippen LogP contribution is 2.29. The summed E-state index contributed by atoms with van der Waals surface area (Å²) in [6.45, 7) is 8.03. The van der Waals surface area contributed by atoms with E-state index in [2.05, 4.69) is 0 Å². The third-order valence-electron chi connectivity index (χ3n) is 4.90. The molecule has 1 fully saturated rings. The lowest BCUT2D eigenvalue weighted by molar-refractivity contribution is -0.140. The Labute approximate surface area is 150 Å². The minimum atomic E-state index is -1.01. The van der Waals surface area contributed by atoms with Gasteiger partial charge in [-0.05, 0) is 64.4 Å². The number of carbonyl (C=O) groups is 2. The minimum absolute atomic E-state index is 0.0269. The maximum atomic E-state index is 12.4. The number of carboxylic acids is 1. The van der Waals surface area contributed by atoms with Gasteiger partial charge in [0.25, 0.3) is 0 Å². The molecule has 25 heavy (non-hydrogen) atoms. The molecule has 0 amide bonds. The van der Waals surface area contributed by atoms with Crippen LogP contribution in [0.2, 0.25) is 0 Å². The van der Waals surface area contributed by atoms with Gasteiger partial charge in [0.1, 0.15) is 5.60 Å². The highest BCUT2D eigenvalue weighted by Gasteiger charge is 2.35. The molecule has 142 valence electrons. The number of hydrogen-bond donors (Lipinski definition) is 2. The summed E-state index contributed by atoms with van der Waals surface area (Å²) in [5, 5.41) is 19.0. The Morgan fingerprint density at radius 2 is 2.04 bits per heavy atom. The van der Waals surface area contributed by atoms with E-state index < -0.39 is 11.6 Å². The highest BCUT2D eigenvalue weighted by atomic mass is 16.5. The van der Waals surface area contributed by atoms with Gasteiger partial charge in [-0.25, -0.2) is 4.79 Å². The van der Waals surface area contributed by atoms with Crippen molar-refractivity contribution in [2.45, 2.75) is 77.9 Å². The molecule has 1 heterocycles. The van der Waals surface area contributed by atoms with Crippen LogP contribution < -0.4 is 0 Å². The van der Waals surface area contributed by atoms with Crippen LogP contribution in [0.3, 0.4) is 0 Å². The Balaban J connectivity index is 2.53. The van der Waals surface area contributed by atoms with Crippen LogP contribution in [-0.2, 0) is 14.3 Å². The number of hydrogen-bond acceptors (Lipinski definition) is 4. The zero-order valence-electron chi connectivity index (χ0n) is 15.9. The Bertz CT molecular complexity index is 530. The predicted octanol–water partition coefficient (Wildman–Crippen LogP) is 3.66. The summed E-state index contributed by atoms with van der Waals surface area (Å²) in [6, 6.07) is 0. The first kappa shape index (κ1) is 21.6. The van der Waals surface area contributed by atoms with Crippen LogP contribution in [0.25, 0.3) is 0 Å². The summed E-state index contributed by atoms with van der Waals surface area (Å²) in [5.41, 5.74) is 0.982. The number of aliphatic hydroxyl groups is 1. The molecule has 0 saturated carbocycles. The van der Waals surface area contributed by atoms with Crippen molar-refractivity contribution in [1.29, 1.82) is 0 Å². The SMILES string of the molecule is CC(C)=CCC(O)C(C)CCC[C@]1(C)OCC(=CC(=O)O)CCC1=O. The molecule has 1 saturated heterocycles. The van der Waals surface area contributed by atoms with Gasteiger partial charge in [-0.1, -0.05) is 18.6 Å².